The molecule has 0 atom stereocenters. The topological polar surface area (TPSA) is 49.8 Å². The van der Waals surface area contributed by atoms with Crippen LogP contribution in [0.4, 0.5) is 11.8 Å². The van der Waals surface area contributed by atoms with Gasteiger partial charge in [0.15, 0.2) is 0 Å². The number of hydrogen-bond acceptors (Lipinski definition) is 4. The zero-order chi connectivity index (χ0) is 13.5. The number of hydrogen-bond donors (Lipinski definition) is 2. The van der Waals surface area contributed by atoms with Crippen molar-refractivity contribution < 1.29 is 0 Å². The summed E-state index contributed by atoms with van der Waals surface area (Å²) in [4.78, 5) is 8.58. The van der Waals surface area contributed by atoms with Gasteiger partial charge in [-0.1, -0.05) is 30.7 Å². The molecule has 1 heterocycles. The van der Waals surface area contributed by atoms with E-state index in [0.29, 0.717) is 12.5 Å². The Morgan fingerprint density at radius 2 is 1.89 bits per heavy atom. The molecule has 0 aliphatic rings. The first-order valence-corrected chi connectivity index (χ1v) is 6.71. The van der Waals surface area contributed by atoms with Gasteiger partial charge in [0.1, 0.15) is 5.82 Å². The highest BCUT2D eigenvalue weighted by molar-refractivity contribution is 6.30. The molecule has 0 unspecified atom stereocenters. The van der Waals surface area contributed by atoms with E-state index < -0.39 is 0 Å². The lowest BCUT2D eigenvalue weighted by Gasteiger charge is -2.07. The van der Waals surface area contributed by atoms with Crippen LogP contribution in [0.25, 0.3) is 0 Å². The second-order valence-electron chi connectivity index (χ2n) is 4.17. The van der Waals surface area contributed by atoms with Crippen LogP contribution < -0.4 is 10.6 Å². The van der Waals surface area contributed by atoms with E-state index in [-0.39, 0.29) is 0 Å². The summed E-state index contributed by atoms with van der Waals surface area (Å²) >= 11 is 5.84. The van der Waals surface area contributed by atoms with Gasteiger partial charge >= 0.3 is 0 Å². The molecule has 2 N–H and O–H groups in total. The SMILES string of the molecule is CCCNc1ccnc(NCc2ccc(Cl)cc2)n1. The first-order chi connectivity index (χ1) is 9.28. The van der Waals surface area contributed by atoms with E-state index in [2.05, 4.69) is 27.5 Å². The van der Waals surface area contributed by atoms with E-state index in [1.165, 1.54) is 0 Å². The van der Waals surface area contributed by atoms with Crippen molar-refractivity contribution >= 4 is 23.4 Å². The molecule has 0 amide bonds. The number of anilines is 2. The Balaban J connectivity index is 1.93. The summed E-state index contributed by atoms with van der Waals surface area (Å²) in [6, 6.07) is 9.57. The third kappa shape index (κ3) is 4.41. The van der Waals surface area contributed by atoms with Crippen molar-refractivity contribution in [3.8, 4) is 0 Å². The molecule has 100 valence electrons. The summed E-state index contributed by atoms with van der Waals surface area (Å²) in [5.41, 5.74) is 1.14. The molecule has 0 aliphatic heterocycles. The van der Waals surface area contributed by atoms with Crippen LogP contribution in [0.5, 0.6) is 0 Å². The Hall–Kier alpha value is -1.81. The maximum atomic E-state index is 5.84. The normalized spacial score (nSPS) is 10.2. The van der Waals surface area contributed by atoms with Crippen molar-refractivity contribution in [1.29, 1.82) is 0 Å². The van der Waals surface area contributed by atoms with E-state index in [1.807, 2.05) is 30.3 Å². The lowest BCUT2D eigenvalue weighted by atomic mass is 10.2. The number of benzene rings is 1. The Kier molecular flexibility index (Phi) is 4.98. The fraction of sp³-hybridized carbons (Fsp3) is 0.286. The molecular formula is C14H17ClN4. The van der Waals surface area contributed by atoms with Gasteiger partial charge in [-0.05, 0) is 30.2 Å². The lowest BCUT2D eigenvalue weighted by Crippen LogP contribution is -2.07. The predicted molar refractivity (Wildman–Crippen MR) is 79.6 cm³/mol. The maximum absolute atomic E-state index is 5.84. The molecule has 0 saturated carbocycles. The highest BCUT2D eigenvalue weighted by Crippen LogP contribution is 2.11. The van der Waals surface area contributed by atoms with E-state index in [9.17, 15) is 0 Å². The van der Waals surface area contributed by atoms with Crippen molar-refractivity contribution in [2.45, 2.75) is 19.9 Å². The molecule has 0 saturated heterocycles. The molecule has 0 radical (unpaired) electrons. The quantitative estimate of drug-likeness (QED) is 0.847. The second kappa shape index (κ2) is 6.95. The molecule has 2 aromatic rings. The third-order valence-corrected chi connectivity index (χ3v) is 2.83. The summed E-state index contributed by atoms with van der Waals surface area (Å²) in [5, 5.41) is 7.17. The molecule has 5 heteroatoms. The standard InChI is InChI=1S/C14H17ClN4/c1-2-8-16-13-7-9-17-14(19-13)18-10-11-3-5-12(15)6-4-11/h3-7,9H,2,8,10H2,1H3,(H2,16,17,18,19). The maximum Gasteiger partial charge on any atom is 0.224 e. The first kappa shape index (κ1) is 13.6. The molecule has 0 bridgehead atoms. The van der Waals surface area contributed by atoms with Gasteiger partial charge in [0, 0.05) is 24.3 Å². The zero-order valence-electron chi connectivity index (χ0n) is 10.9. The van der Waals surface area contributed by atoms with Gasteiger partial charge < -0.3 is 10.6 Å². The number of aromatic nitrogens is 2. The van der Waals surface area contributed by atoms with Crippen LogP contribution in [-0.2, 0) is 6.54 Å². The summed E-state index contributed by atoms with van der Waals surface area (Å²) < 4.78 is 0. The number of nitrogens with one attached hydrogen (secondary N) is 2. The molecule has 1 aromatic carbocycles. The number of nitrogens with zero attached hydrogens (tertiary/aromatic N) is 2. The van der Waals surface area contributed by atoms with Crippen molar-refractivity contribution in [2.75, 3.05) is 17.2 Å². The van der Waals surface area contributed by atoms with Crippen LogP contribution in [-0.4, -0.2) is 16.5 Å². The van der Waals surface area contributed by atoms with E-state index in [1.54, 1.807) is 6.20 Å². The molecule has 0 fully saturated rings. The van der Waals surface area contributed by atoms with Gasteiger partial charge in [-0.2, -0.15) is 4.98 Å². The average molecular weight is 277 g/mol. The minimum Gasteiger partial charge on any atom is -0.370 e. The Labute approximate surface area is 118 Å². The minimum atomic E-state index is 0.621. The monoisotopic (exact) mass is 276 g/mol. The van der Waals surface area contributed by atoms with Crippen molar-refractivity contribution in [3.05, 3.63) is 47.1 Å². The summed E-state index contributed by atoms with van der Waals surface area (Å²) in [5.74, 6) is 1.46. The van der Waals surface area contributed by atoms with Crippen LogP contribution in [0.3, 0.4) is 0 Å². The van der Waals surface area contributed by atoms with Crippen LogP contribution >= 0.6 is 11.6 Å². The highest BCUT2D eigenvalue weighted by atomic mass is 35.5. The van der Waals surface area contributed by atoms with Crippen LogP contribution in [0.2, 0.25) is 5.02 Å². The Bertz CT molecular complexity index is 513. The smallest absolute Gasteiger partial charge is 0.224 e. The largest absolute Gasteiger partial charge is 0.370 e. The number of rotatable bonds is 6. The van der Waals surface area contributed by atoms with Crippen LogP contribution in [0, 0.1) is 0 Å². The lowest BCUT2D eigenvalue weighted by molar-refractivity contribution is 0.961. The second-order valence-corrected chi connectivity index (χ2v) is 4.61. The van der Waals surface area contributed by atoms with Gasteiger partial charge in [-0.25, -0.2) is 4.98 Å². The minimum absolute atomic E-state index is 0.621. The van der Waals surface area contributed by atoms with Gasteiger partial charge in [0.2, 0.25) is 5.95 Å². The molecular weight excluding hydrogens is 260 g/mol. The van der Waals surface area contributed by atoms with Gasteiger partial charge in [-0.3, -0.25) is 0 Å². The summed E-state index contributed by atoms with van der Waals surface area (Å²) in [6.07, 6.45) is 2.81. The Morgan fingerprint density at radius 1 is 1.11 bits per heavy atom. The fourth-order valence-corrected chi connectivity index (χ4v) is 1.70. The molecule has 0 aliphatic carbocycles. The Morgan fingerprint density at radius 3 is 2.63 bits per heavy atom. The molecule has 4 nitrogen and oxygen atoms in total. The van der Waals surface area contributed by atoms with Crippen LogP contribution in [0.1, 0.15) is 18.9 Å². The summed E-state index contributed by atoms with van der Waals surface area (Å²) in [6.45, 7) is 3.70. The molecule has 1 aromatic heterocycles. The van der Waals surface area contributed by atoms with Crippen molar-refractivity contribution in [1.82, 2.24) is 9.97 Å². The molecule has 2 rings (SSSR count). The first-order valence-electron chi connectivity index (χ1n) is 6.33. The molecule has 0 spiro atoms. The highest BCUT2D eigenvalue weighted by Gasteiger charge is 1.99. The van der Waals surface area contributed by atoms with Gasteiger partial charge in [0.25, 0.3) is 0 Å². The van der Waals surface area contributed by atoms with E-state index in [4.69, 9.17) is 11.6 Å². The average Bonchev–Trinajstić information content (AvgIpc) is 2.45. The van der Waals surface area contributed by atoms with E-state index in [0.717, 1.165) is 29.4 Å². The van der Waals surface area contributed by atoms with E-state index >= 15 is 0 Å². The zero-order valence-corrected chi connectivity index (χ0v) is 11.6. The van der Waals surface area contributed by atoms with Gasteiger partial charge in [0.05, 0.1) is 0 Å². The van der Waals surface area contributed by atoms with Crippen LogP contribution in [0.15, 0.2) is 36.5 Å². The third-order valence-electron chi connectivity index (χ3n) is 2.58. The van der Waals surface area contributed by atoms with Crippen molar-refractivity contribution in [2.24, 2.45) is 0 Å². The summed E-state index contributed by atoms with van der Waals surface area (Å²) in [7, 11) is 0. The molecule has 19 heavy (non-hydrogen) atoms. The van der Waals surface area contributed by atoms with Gasteiger partial charge in [-0.15, -0.1) is 0 Å². The predicted octanol–water partition coefficient (Wildman–Crippen LogP) is 3.56. The van der Waals surface area contributed by atoms with Crippen molar-refractivity contribution in [3.63, 3.8) is 0 Å². The fourth-order valence-electron chi connectivity index (χ4n) is 1.58. The number of halogens is 1.